The molecule has 0 bridgehead atoms. The SMILES string of the molecule is CCn1c(=O)c(C(=O)CSc2nccn2C)c(N)n(Cc2ccccc2)c1=O. The molecule has 0 radical (unpaired) electrons. The minimum Gasteiger partial charge on any atom is -0.384 e. The minimum atomic E-state index is -0.653. The van der Waals surface area contributed by atoms with Gasteiger partial charge in [0.2, 0.25) is 0 Å². The highest BCUT2D eigenvalue weighted by molar-refractivity contribution is 7.99. The fourth-order valence-corrected chi connectivity index (χ4v) is 3.67. The first-order valence-corrected chi connectivity index (χ1v) is 9.73. The number of nitrogens with zero attached hydrogens (tertiary/aromatic N) is 4. The zero-order valence-corrected chi connectivity index (χ0v) is 16.5. The molecule has 0 saturated carbocycles. The molecule has 3 aromatic rings. The zero-order chi connectivity index (χ0) is 20.3. The van der Waals surface area contributed by atoms with E-state index >= 15 is 0 Å². The van der Waals surface area contributed by atoms with Gasteiger partial charge in [-0.3, -0.25) is 18.7 Å². The number of aromatic nitrogens is 4. The first-order chi connectivity index (χ1) is 13.4. The lowest BCUT2D eigenvalue weighted by atomic mass is 10.2. The van der Waals surface area contributed by atoms with E-state index < -0.39 is 17.0 Å². The molecule has 0 aliphatic heterocycles. The largest absolute Gasteiger partial charge is 0.384 e. The van der Waals surface area contributed by atoms with Crippen molar-refractivity contribution in [2.24, 2.45) is 7.05 Å². The molecule has 2 aromatic heterocycles. The van der Waals surface area contributed by atoms with Crippen molar-refractivity contribution in [3.63, 3.8) is 0 Å². The van der Waals surface area contributed by atoms with E-state index in [1.807, 2.05) is 37.4 Å². The van der Waals surface area contributed by atoms with Crippen LogP contribution in [0, 0.1) is 0 Å². The maximum absolute atomic E-state index is 12.8. The summed E-state index contributed by atoms with van der Waals surface area (Å²) in [6.07, 6.45) is 3.40. The van der Waals surface area contributed by atoms with Gasteiger partial charge >= 0.3 is 5.69 Å². The average molecular weight is 399 g/mol. The summed E-state index contributed by atoms with van der Waals surface area (Å²) in [5.74, 6) is -0.536. The molecular weight excluding hydrogens is 378 g/mol. The third-order valence-electron chi connectivity index (χ3n) is 4.36. The summed E-state index contributed by atoms with van der Waals surface area (Å²) in [6, 6.07) is 9.27. The minimum absolute atomic E-state index is 0.00243. The molecule has 2 heterocycles. The van der Waals surface area contributed by atoms with Crippen molar-refractivity contribution in [3.05, 3.63) is 74.7 Å². The van der Waals surface area contributed by atoms with E-state index in [2.05, 4.69) is 4.98 Å². The van der Waals surface area contributed by atoms with Crippen molar-refractivity contribution >= 4 is 23.4 Å². The van der Waals surface area contributed by atoms with Gasteiger partial charge in [0.25, 0.3) is 5.56 Å². The van der Waals surface area contributed by atoms with Gasteiger partial charge in [0.05, 0.1) is 12.3 Å². The molecule has 0 saturated heterocycles. The van der Waals surface area contributed by atoms with Crippen LogP contribution >= 0.6 is 11.8 Å². The summed E-state index contributed by atoms with van der Waals surface area (Å²) >= 11 is 1.21. The first-order valence-electron chi connectivity index (χ1n) is 8.74. The molecule has 9 heteroatoms. The van der Waals surface area contributed by atoms with Gasteiger partial charge in [-0.1, -0.05) is 42.1 Å². The van der Waals surface area contributed by atoms with Crippen molar-refractivity contribution in [1.29, 1.82) is 0 Å². The maximum Gasteiger partial charge on any atom is 0.332 e. The number of thioether (sulfide) groups is 1. The number of rotatable bonds is 7. The number of carbonyl (C=O) groups excluding carboxylic acids is 1. The summed E-state index contributed by atoms with van der Waals surface area (Å²) in [5, 5.41) is 0.653. The third-order valence-corrected chi connectivity index (χ3v) is 5.41. The second kappa shape index (κ2) is 8.30. The lowest BCUT2D eigenvalue weighted by molar-refractivity contribution is 0.102. The van der Waals surface area contributed by atoms with Crippen LogP contribution < -0.4 is 17.0 Å². The number of nitrogens with two attached hydrogens (primary N) is 1. The molecule has 0 unspecified atom stereocenters. The quantitative estimate of drug-likeness (QED) is 0.475. The van der Waals surface area contributed by atoms with E-state index in [1.54, 1.807) is 23.9 Å². The van der Waals surface area contributed by atoms with Crippen LogP contribution in [0.4, 0.5) is 5.82 Å². The summed E-state index contributed by atoms with van der Waals surface area (Å²) < 4.78 is 4.10. The molecule has 0 amide bonds. The highest BCUT2D eigenvalue weighted by Gasteiger charge is 2.22. The summed E-state index contributed by atoms with van der Waals surface area (Å²) in [4.78, 5) is 42.4. The van der Waals surface area contributed by atoms with Crippen LogP contribution in [0.5, 0.6) is 0 Å². The van der Waals surface area contributed by atoms with Crippen molar-refractivity contribution < 1.29 is 4.79 Å². The van der Waals surface area contributed by atoms with Crippen LogP contribution in [0.3, 0.4) is 0 Å². The van der Waals surface area contributed by atoms with Crippen LogP contribution in [-0.4, -0.2) is 30.2 Å². The van der Waals surface area contributed by atoms with Gasteiger partial charge in [-0.2, -0.15) is 0 Å². The maximum atomic E-state index is 12.8. The van der Waals surface area contributed by atoms with Crippen molar-refractivity contribution in [3.8, 4) is 0 Å². The smallest absolute Gasteiger partial charge is 0.332 e. The van der Waals surface area contributed by atoms with Gasteiger partial charge in [0, 0.05) is 26.0 Å². The molecule has 2 N–H and O–H groups in total. The van der Waals surface area contributed by atoms with Gasteiger partial charge in [-0.15, -0.1) is 0 Å². The molecule has 0 aliphatic rings. The summed E-state index contributed by atoms with van der Waals surface area (Å²) in [5.41, 5.74) is 5.65. The number of imidazole rings is 1. The Hall–Kier alpha value is -3.07. The number of Topliss-reactive ketones (excluding diaryl/α,β-unsaturated/α-hetero) is 1. The zero-order valence-electron chi connectivity index (χ0n) is 15.7. The van der Waals surface area contributed by atoms with E-state index in [0.29, 0.717) is 5.16 Å². The Balaban J connectivity index is 2.01. The highest BCUT2D eigenvalue weighted by Crippen LogP contribution is 2.17. The lowest BCUT2D eigenvalue weighted by Gasteiger charge is -2.15. The Bertz CT molecular complexity index is 1110. The van der Waals surface area contributed by atoms with Crippen LogP contribution in [0.1, 0.15) is 22.8 Å². The average Bonchev–Trinajstić information content (AvgIpc) is 3.09. The van der Waals surface area contributed by atoms with E-state index in [4.69, 9.17) is 5.73 Å². The second-order valence-electron chi connectivity index (χ2n) is 6.20. The van der Waals surface area contributed by atoms with E-state index in [1.165, 1.54) is 16.3 Å². The Morgan fingerprint density at radius 2 is 1.89 bits per heavy atom. The van der Waals surface area contributed by atoms with Gasteiger partial charge < -0.3 is 10.3 Å². The fraction of sp³-hybridized carbons (Fsp3) is 0.263. The first kappa shape index (κ1) is 19.7. The molecule has 28 heavy (non-hydrogen) atoms. The van der Waals surface area contributed by atoms with Crippen LogP contribution in [0.15, 0.2) is 57.5 Å². The van der Waals surface area contributed by atoms with Crippen molar-refractivity contribution in [1.82, 2.24) is 18.7 Å². The number of hydrogen-bond donors (Lipinski definition) is 1. The number of anilines is 1. The number of aryl methyl sites for hydroxylation is 1. The highest BCUT2D eigenvalue weighted by atomic mass is 32.2. The topological polar surface area (TPSA) is 105 Å². The lowest BCUT2D eigenvalue weighted by Crippen LogP contribution is -2.44. The Kier molecular flexibility index (Phi) is 5.84. The summed E-state index contributed by atoms with van der Waals surface area (Å²) in [6.45, 7) is 2.01. The monoisotopic (exact) mass is 399 g/mol. The van der Waals surface area contributed by atoms with Gasteiger partial charge in [0.1, 0.15) is 11.4 Å². The standard InChI is InChI=1S/C19H21N5O3S/c1-3-23-17(26)15(14(25)12-28-18-21-9-10-22(18)2)16(20)24(19(23)27)11-13-7-5-4-6-8-13/h4-10H,3,11-12,20H2,1-2H3. The predicted octanol–water partition coefficient (Wildman–Crippen LogP) is 1.37. The summed E-state index contributed by atoms with van der Waals surface area (Å²) in [7, 11) is 1.82. The van der Waals surface area contributed by atoms with Crippen LogP contribution in [0.25, 0.3) is 0 Å². The van der Waals surface area contributed by atoms with E-state index in [0.717, 1.165) is 10.1 Å². The molecule has 0 fully saturated rings. The van der Waals surface area contributed by atoms with E-state index in [-0.39, 0.29) is 30.2 Å². The molecule has 3 rings (SSSR count). The number of hydrogen-bond acceptors (Lipinski definition) is 6. The number of ketones is 1. The molecule has 0 spiro atoms. The van der Waals surface area contributed by atoms with E-state index in [9.17, 15) is 14.4 Å². The fourth-order valence-electron chi connectivity index (χ4n) is 2.87. The Morgan fingerprint density at radius 3 is 2.50 bits per heavy atom. The predicted molar refractivity (Wildman–Crippen MR) is 109 cm³/mol. The normalized spacial score (nSPS) is 10.9. The number of carbonyl (C=O) groups is 1. The van der Waals surface area contributed by atoms with Crippen LogP contribution in [-0.2, 0) is 20.1 Å². The molecule has 0 aliphatic carbocycles. The second-order valence-corrected chi connectivity index (χ2v) is 7.14. The third kappa shape index (κ3) is 3.79. The van der Waals surface area contributed by atoms with Crippen molar-refractivity contribution in [2.75, 3.05) is 11.5 Å². The van der Waals surface area contributed by atoms with Crippen LogP contribution in [0.2, 0.25) is 0 Å². The van der Waals surface area contributed by atoms with Gasteiger partial charge in [-0.05, 0) is 12.5 Å². The number of nitrogen functional groups attached to an aromatic ring is 1. The van der Waals surface area contributed by atoms with Crippen molar-refractivity contribution in [2.45, 2.75) is 25.2 Å². The molecule has 8 nitrogen and oxygen atoms in total. The Labute approximate surface area is 165 Å². The number of benzene rings is 1. The van der Waals surface area contributed by atoms with Gasteiger partial charge in [-0.25, -0.2) is 9.78 Å². The Morgan fingerprint density at radius 1 is 1.18 bits per heavy atom. The molecule has 146 valence electrons. The van der Waals surface area contributed by atoms with Gasteiger partial charge in [0.15, 0.2) is 10.9 Å². The molecular formula is C19H21N5O3S. The molecule has 1 aromatic carbocycles. The molecule has 0 atom stereocenters.